The molecule has 1 fully saturated rings. The van der Waals surface area contributed by atoms with Gasteiger partial charge in [0.15, 0.2) is 0 Å². The topological polar surface area (TPSA) is 9.23 Å². The molecule has 1 aromatic rings. The summed E-state index contributed by atoms with van der Waals surface area (Å²) in [6, 6.07) is 10.8. The molecule has 0 aliphatic carbocycles. The predicted molar refractivity (Wildman–Crippen MR) is 63.0 cm³/mol. The van der Waals surface area contributed by atoms with Gasteiger partial charge in [0, 0.05) is 5.41 Å². The summed E-state index contributed by atoms with van der Waals surface area (Å²) in [4.78, 5) is 0. The first kappa shape index (κ1) is 10.7. The van der Waals surface area contributed by atoms with Gasteiger partial charge in [-0.25, -0.2) is 0 Å². The molecular weight excluding hydrogens is 184 g/mol. The molecule has 0 atom stereocenters. The van der Waals surface area contributed by atoms with Crippen molar-refractivity contribution in [3.8, 4) is 0 Å². The number of hydrogen-bond acceptors (Lipinski definition) is 1. The van der Waals surface area contributed by atoms with Gasteiger partial charge < -0.3 is 4.74 Å². The van der Waals surface area contributed by atoms with Crippen molar-refractivity contribution in [2.24, 2.45) is 5.92 Å². The highest BCUT2D eigenvalue weighted by Crippen LogP contribution is 2.37. The van der Waals surface area contributed by atoms with Crippen LogP contribution in [0, 0.1) is 5.92 Å². The zero-order valence-corrected chi connectivity index (χ0v) is 9.70. The van der Waals surface area contributed by atoms with E-state index < -0.39 is 0 Å². The number of hydrogen-bond donors (Lipinski definition) is 0. The van der Waals surface area contributed by atoms with E-state index in [0.29, 0.717) is 5.41 Å². The average Bonchev–Trinajstić information content (AvgIpc) is 2.17. The van der Waals surface area contributed by atoms with E-state index in [0.717, 1.165) is 19.1 Å². The van der Waals surface area contributed by atoms with E-state index in [-0.39, 0.29) is 0 Å². The van der Waals surface area contributed by atoms with Gasteiger partial charge in [0.05, 0.1) is 13.2 Å². The lowest BCUT2D eigenvalue weighted by atomic mass is 9.74. The van der Waals surface area contributed by atoms with Crippen molar-refractivity contribution in [2.75, 3.05) is 13.2 Å². The van der Waals surface area contributed by atoms with Crippen LogP contribution < -0.4 is 0 Å². The molecule has 1 aromatic carbocycles. The van der Waals surface area contributed by atoms with E-state index >= 15 is 0 Å². The summed E-state index contributed by atoms with van der Waals surface area (Å²) in [6.45, 7) is 6.39. The second kappa shape index (κ2) is 4.36. The van der Waals surface area contributed by atoms with Gasteiger partial charge in [-0.2, -0.15) is 0 Å². The quantitative estimate of drug-likeness (QED) is 0.730. The normalized spacial score (nSPS) is 18.9. The van der Waals surface area contributed by atoms with Gasteiger partial charge in [0.2, 0.25) is 0 Å². The Morgan fingerprint density at radius 2 is 1.87 bits per heavy atom. The molecule has 0 unspecified atom stereocenters. The van der Waals surface area contributed by atoms with E-state index in [1.54, 1.807) is 0 Å². The Kier molecular flexibility index (Phi) is 3.11. The van der Waals surface area contributed by atoms with Crippen molar-refractivity contribution in [3.05, 3.63) is 35.9 Å². The van der Waals surface area contributed by atoms with Gasteiger partial charge in [-0.15, -0.1) is 0 Å². The fourth-order valence-electron chi connectivity index (χ4n) is 2.16. The number of benzene rings is 1. The Morgan fingerprint density at radius 1 is 1.20 bits per heavy atom. The molecule has 2 rings (SSSR count). The monoisotopic (exact) mass is 204 g/mol. The van der Waals surface area contributed by atoms with Crippen molar-refractivity contribution in [3.63, 3.8) is 0 Å². The summed E-state index contributed by atoms with van der Waals surface area (Å²) in [6.07, 6.45) is 2.55. The lowest BCUT2D eigenvalue weighted by Gasteiger charge is -2.42. The minimum atomic E-state index is 0.325. The van der Waals surface area contributed by atoms with Gasteiger partial charge >= 0.3 is 0 Å². The summed E-state index contributed by atoms with van der Waals surface area (Å²) in [5.74, 6) is 0.784. The maximum absolute atomic E-state index is 5.42. The molecule has 1 nitrogen and oxygen atoms in total. The summed E-state index contributed by atoms with van der Waals surface area (Å²) < 4.78 is 5.42. The van der Waals surface area contributed by atoms with Gasteiger partial charge in [-0.05, 0) is 24.3 Å². The standard InChI is InChI=1S/C14H20O/c1-12(2)8-9-14(10-15-11-14)13-6-4-3-5-7-13/h3-7,12H,8-11H2,1-2H3. The van der Waals surface area contributed by atoms with Gasteiger partial charge in [-0.3, -0.25) is 0 Å². The molecular formula is C14H20O. The minimum Gasteiger partial charge on any atom is -0.379 e. The molecule has 1 saturated heterocycles. The SMILES string of the molecule is CC(C)CCC1(c2ccccc2)COC1. The van der Waals surface area contributed by atoms with Gasteiger partial charge in [-0.1, -0.05) is 44.2 Å². The molecule has 0 N–H and O–H groups in total. The minimum absolute atomic E-state index is 0.325. The van der Waals surface area contributed by atoms with Crippen LogP contribution >= 0.6 is 0 Å². The molecule has 0 aromatic heterocycles. The molecule has 1 aliphatic heterocycles. The van der Waals surface area contributed by atoms with Crippen molar-refractivity contribution in [1.29, 1.82) is 0 Å². The number of rotatable bonds is 4. The molecule has 1 aliphatic rings. The van der Waals surface area contributed by atoms with E-state index in [9.17, 15) is 0 Å². The molecule has 1 heteroatoms. The lowest BCUT2D eigenvalue weighted by Crippen LogP contribution is -2.46. The third-order valence-electron chi connectivity index (χ3n) is 3.34. The first-order valence-corrected chi connectivity index (χ1v) is 5.86. The highest BCUT2D eigenvalue weighted by atomic mass is 16.5. The van der Waals surface area contributed by atoms with Crippen LogP contribution in [0.3, 0.4) is 0 Å². The molecule has 0 radical (unpaired) electrons. The van der Waals surface area contributed by atoms with Gasteiger partial charge in [0.25, 0.3) is 0 Å². The van der Waals surface area contributed by atoms with Crippen LogP contribution in [-0.2, 0) is 10.2 Å². The Balaban J connectivity index is 2.08. The van der Waals surface area contributed by atoms with Crippen LogP contribution in [0.2, 0.25) is 0 Å². The average molecular weight is 204 g/mol. The van der Waals surface area contributed by atoms with Crippen molar-refractivity contribution >= 4 is 0 Å². The first-order chi connectivity index (χ1) is 7.23. The highest BCUT2D eigenvalue weighted by molar-refractivity contribution is 5.27. The Morgan fingerprint density at radius 3 is 2.33 bits per heavy atom. The molecule has 0 bridgehead atoms. The third kappa shape index (κ3) is 2.23. The molecule has 82 valence electrons. The molecule has 1 heterocycles. The second-order valence-corrected chi connectivity index (χ2v) is 5.07. The maximum atomic E-state index is 5.42. The number of ether oxygens (including phenoxy) is 1. The zero-order chi connectivity index (χ0) is 10.7. The van der Waals surface area contributed by atoms with E-state index in [2.05, 4.69) is 44.2 Å². The smallest absolute Gasteiger partial charge is 0.0585 e. The van der Waals surface area contributed by atoms with Crippen molar-refractivity contribution < 1.29 is 4.74 Å². The fourth-order valence-corrected chi connectivity index (χ4v) is 2.16. The van der Waals surface area contributed by atoms with E-state index in [1.165, 1.54) is 18.4 Å². The Bertz CT molecular complexity index is 298. The summed E-state index contributed by atoms with van der Waals surface area (Å²) in [5, 5.41) is 0. The van der Waals surface area contributed by atoms with Crippen LogP contribution in [0.5, 0.6) is 0 Å². The van der Waals surface area contributed by atoms with Crippen LogP contribution in [0.25, 0.3) is 0 Å². The largest absolute Gasteiger partial charge is 0.379 e. The lowest BCUT2D eigenvalue weighted by molar-refractivity contribution is -0.0664. The predicted octanol–water partition coefficient (Wildman–Crippen LogP) is 3.39. The van der Waals surface area contributed by atoms with Gasteiger partial charge in [0.1, 0.15) is 0 Å². The molecule has 15 heavy (non-hydrogen) atoms. The van der Waals surface area contributed by atoms with Crippen molar-refractivity contribution in [1.82, 2.24) is 0 Å². The summed E-state index contributed by atoms with van der Waals surface area (Å²) in [7, 11) is 0. The second-order valence-electron chi connectivity index (χ2n) is 5.07. The van der Waals surface area contributed by atoms with Crippen LogP contribution in [0.15, 0.2) is 30.3 Å². The van der Waals surface area contributed by atoms with Crippen LogP contribution in [0.1, 0.15) is 32.3 Å². The molecule has 0 spiro atoms. The third-order valence-corrected chi connectivity index (χ3v) is 3.34. The Labute approximate surface area is 92.5 Å². The van der Waals surface area contributed by atoms with E-state index in [1.807, 2.05) is 0 Å². The Hall–Kier alpha value is -0.820. The molecule has 0 amide bonds. The van der Waals surface area contributed by atoms with Crippen LogP contribution in [-0.4, -0.2) is 13.2 Å². The highest BCUT2D eigenvalue weighted by Gasteiger charge is 2.39. The molecule has 0 saturated carbocycles. The fraction of sp³-hybridized carbons (Fsp3) is 0.571. The van der Waals surface area contributed by atoms with E-state index in [4.69, 9.17) is 4.74 Å². The van der Waals surface area contributed by atoms with Crippen molar-refractivity contribution in [2.45, 2.75) is 32.1 Å². The maximum Gasteiger partial charge on any atom is 0.0585 e. The zero-order valence-electron chi connectivity index (χ0n) is 9.70. The first-order valence-electron chi connectivity index (χ1n) is 5.86. The summed E-state index contributed by atoms with van der Waals surface area (Å²) >= 11 is 0. The van der Waals surface area contributed by atoms with Crippen LogP contribution in [0.4, 0.5) is 0 Å². The summed E-state index contributed by atoms with van der Waals surface area (Å²) in [5.41, 5.74) is 1.78.